The predicted molar refractivity (Wildman–Crippen MR) is 125 cm³/mol. The molecule has 0 aromatic rings. The lowest BCUT2D eigenvalue weighted by molar-refractivity contribution is -0.127. The van der Waals surface area contributed by atoms with E-state index in [1.54, 1.807) is 0 Å². The van der Waals surface area contributed by atoms with Crippen molar-refractivity contribution in [1.29, 1.82) is 0 Å². The molecule has 2 unspecified atom stereocenters. The Morgan fingerprint density at radius 3 is 1.14 bits per heavy atom. The van der Waals surface area contributed by atoms with Crippen molar-refractivity contribution in [1.82, 2.24) is 20.4 Å². The standard InChI is InChI=1S/C16H30Cl4N4O2.2ClH/c1-13(23(9-3-17)10-4-18)15(25)21-7-8-22-16(26)14(2)24(11-5-19)12-6-20;;/h13-14H,3-12H2,1-2H3,(H,21,25)(H,22,26);2*1H. The van der Waals surface area contributed by atoms with E-state index in [4.69, 9.17) is 46.4 Å². The Bertz CT molecular complexity index is 361. The van der Waals surface area contributed by atoms with E-state index in [2.05, 4.69) is 10.6 Å². The van der Waals surface area contributed by atoms with Crippen LogP contribution in [-0.4, -0.2) is 96.5 Å². The van der Waals surface area contributed by atoms with Crippen LogP contribution in [0.4, 0.5) is 0 Å². The van der Waals surface area contributed by atoms with Gasteiger partial charge in [-0.15, -0.1) is 71.2 Å². The van der Waals surface area contributed by atoms with Crippen LogP contribution in [0.15, 0.2) is 0 Å². The molecule has 12 heteroatoms. The Hall–Kier alpha value is 0.600. The van der Waals surface area contributed by atoms with Gasteiger partial charge >= 0.3 is 0 Å². The van der Waals surface area contributed by atoms with Gasteiger partial charge in [0.05, 0.1) is 12.1 Å². The third-order valence-electron chi connectivity index (χ3n) is 4.06. The normalized spacial score (nSPS) is 12.7. The second-order valence-electron chi connectivity index (χ2n) is 5.76. The van der Waals surface area contributed by atoms with E-state index in [0.29, 0.717) is 62.8 Å². The number of alkyl halides is 4. The highest BCUT2D eigenvalue weighted by molar-refractivity contribution is 6.18. The van der Waals surface area contributed by atoms with Crippen LogP contribution in [0.1, 0.15) is 13.8 Å². The van der Waals surface area contributed by atoms with Crippen molar-refractivity contribution in [2.24, 2.45) is 0 Å². The number of nitrogens with one attached hydrogen (secondary N) is 2. The van der Waals surface area contributed by atoms with Crippen LogP contribution in [-0.2, 0) is 9.59 Å². The summed E-state index contributed by atoms with van der Waals surface area (Å²) in [5.41, 5.74) is 0. The minimum absolute atomic E-state index is 0. The molecule has 0 aromatic heterocycles. The summed E-state index contributed by atoms with van der Waals surface area (Å²) in [4.78, 5) is 28.2. The first-order valence-corrected chi connectivity index (χ1v) is 10.8. The molecule has 0 radical (unpaired) electrons. The average Bonchev–Trinajstić information content (AvgIpc) is 2.63. The van der Waals surface area contributed by atoms with Gasteiger partial charge in [0.25, 0.3) is 0 Å². The van der Waals surface area contributed by atoms with E-state index < -0.39 is 0 Å². The van der Waals surface area contributed by atoms with Crippen LogP contribution in [0.25, 0.3) is 0 Å². The predicted octanol–water partition coefficient (Wildman–Crippen LogP) is 2.40. The summed E-state index contributed by atoms with van der Waals surface area (Å²) in [6.07, 6.45) is 0. The zero-order valence-corrected chi connectivity index (χ0v) is 20.9. The molecule has 170 valence electrons. The van der Waals surface area contributed by atoms with Crippen LogP contribution in [0.5, 0.6) is 0 Å². The summed E-state index contributed by atoms with van der Waals surface area (Å²) < 4.78 is 0. The lowest BCUT2D eigenvalue weighted by Gasteiger charge is -2.27. The van der Waals surface area contributed by atoms with Crippen LogP contribution in [0.2, 0.25) is 0 Å². The molecule has 0 fully saturated rings. The van der Waals surface area contributed by atoms with Gasteiger partial charge in [-0.05, 0) is 13.8 Å². The van der Waals surface area contributed by atoms with Crippen molar-refractivity contribution in [3.63, 3.8) is 0 Å². The first-order valence-electron chi connectivity index (χ1n) is 8.70. The minimum atomic E-state index is -0.329. The summed E-state index contributed by atoms with van der Waals surface area (Å²) >= 11 is 23.0. The monoisotopic (exact) mass is 522 g/mol. The van der Waals surface area contributed by atoms with E-state index >= 15 is 0 Å². The first kappa shape index (κ1) is 33.2. The fourth-order valence-electron chi connectivity index (χ4n) is 2.43. The molecule has 0 bridgehead atoms. The van der Waals surface area contributed by atoms with Crippen molar-refractivity contribution in [2.45, 2.75) is 25.9 Å². The fourth-order valence-corrected chi connectivity index (χ4v) is 3.30. The van der Waals surface area contributed by atoms with Gasteiger partial charge in [-0.1, -0.05) is 0 Å². The third kappa shape index (κ3) is 13.8. The molecule has 0 heterocycles. The number of carbonyl (C=O) groups is 2. The molecule has 0 saturated carbocycles. The smallest absolute Gasteiger partial charge is 0.237 e. The average molecular weight is 525 g/mol. The summed E-state index contributed by atoms with van der Waals surface area (Å²) in [6, 6.07) is -0.657. The zero-order valence-electron chi connectivity index (χ0n) is 16.3. The summed E-state index contributed by atoms with van der Waals surface area (Å²) in [5.74, 6) is 1.50. The molecule has 0 aliphatic carbocycles. The van der Waals surface area contributed by atoms with Gasteiger partial charge in [0, 0.05) is 62.8 Å². The fraction of sp³-hybridized carbons (Fsp3) is 0.875. The highest BCUT2D eigenvalue weighted by atomic mass is 35.5. The highest BCUT2D eigenvalue weighted by Crippen LogP contribution is 2.02. The van der Waals surface area contributed by atoms with Crippen molar-refractivity contribution >= 4 is 83.0 Å². The quantitative estimate of drug-likeness (QED) is 0.255. The lowest BCUT2D eigenvalue weighted by Crippen LogP contribution is -2.50. The Morgan fingerprint density at radius 2 is 0.929 bits per heavy atom. The Morgan fingerprint density at radius 1 is 0.679 bits per heavy atom. The van der Waals surface area contributed by atoms with Gasteiger partial charge in [0.1, 0.15) is 0 Å². The van der Waals surface area contributed by atoms with E-state index in [0.717, 1.165) is 0 Å². The zero-order chi connectivity index (χ0) is 19.9. The maximum atomic E-state index is 12.2. The van der Waals surface area contributed by atoms with E-state index in [-0.39, 0.29) is 48.7 Å². The van der Waals surface area contributed by atoms with E-state index in [1.807, 2.05) is 23.6 Å². The molecule has 6 nitrogen and oxygen atoms in total. The maximum absolute atomic E-state index is 12.2. The largest absolute Gasteiger partial charge is 0.353 e. The Balaban J connectivity index is -0.00000312. The van der Waals surface area contributed by atoms with Gasteiger partial charge in [-0.25, -0.2) is 0 Å². The van der Waals surface area contributed by atoms with Gasteiger partial charge in [-0.2, -0.15) is 0 Å². The van der Waals surface area contributed by atoms with E-state index in [9.17, 15) is 9.59 Å². The Labute approximate surface area is 201 Å². The second-order valence-corrected chi connectivity index (χ2v) is 7.27. The molecule has 0 spiro atoms. The molecule has 2 N–H and O–H groups in total. The number of halogens is 6. The van der Waals surface area contributed by atoms with Gasteiger partial charge in [-0.3, -0.25) is 19.4 Å². The lowest BCUT2D eigenvalue weighted by atomic mass is 10.2. The van der Waals surface area contributed by atoms with Crippen molar-refractivity contribution in [2.75, 3.05) is 62.8 Å². The number of amides is 2. The number of carbonyl (C=O) groups excluding carboxylic acids is 2. The number of hydrogen-bond acceptors (Lipinski definition) is 4. The molecule has 0 rings (SSSR count). The molecule has 0 aromatic carbocycles. The van der Waals surface area contributed by atoms with Crippen LogP contribution in [0.3, 0.4) is 0 Å². The Kier molecular flexibility index (Phi) is 24.8. The highest BCUT2D eigenvalue weighted by Gasteiger charge is 2.21. The number of nitrogens with zero attached hydrogens (tertiary/aromatic N) is 2. The SMILES string of the molecule is CC(C(=O)NCCNC(=O)C(C)N(CCCl)CCCl)N(CCCl)CCCl.Cl.Cl. The molecule has 28 heavy (non-hydrogen) atoms. The molecule has 0 aliphatic rings. The summed E-state index contributed by atoms with van der Waals surface area (Å²) in [7, 11) is 0. The van der Waals surface area contributed by atoms with E-state index in [1.165, 1.54) is 0 Å². The second kappa shape index (κ2) is 20.9. The molecular weight excluding hydrogens is 493 g/mol. The number of rotatable bonds is 15. The molecular formula is C16H32Cl6N4O2. The maximum Gasteiger partial charge on any atom is 0.237 e. The third-order valence-corrected chi connectivity index (χ3v) is 4.74. The van der Waals surface area contributed by atoms with Crippen LogP contribution >= 0.6 is 71.2 Å². The van der Waals surface area contributed by atoms with Crippen LogP contribution in [0, 0.1) is 0 Å². The molecule has 2 amide bonds. The molecule has 0 saturated heterocycles. The summed E-state index contributed by atoms with van der Waals surface area (Å²) in [5, 5.41) is 5.63. The van der Waals surface area contributed by atoms with Crippen molar-refractivity contribution in [3.8, 4) is 0 Å². The topological polar surface area (TPSA) is 64.7 Å². The molecule has 2 atom stereocenters. The first-order chi connectivity index (χ1) is 12.4. The number of hydrogen-bond donors (Lipinski definition) is 2. The minimum Gasteiger partial charge on any atom is -0.353 e. The van der Waals surface area contributed by atoms with Gasteiger partial charge < -0.3 is 10.6 Å². The van der Waals surface area contributed by atoms with Crippen molar-refractivity contribution in [3.05, 3.63) is 0 Å². The van der Waals surface area contributed by atoms with Crippen LogP contribution < -0.4 is 10.6 Å². The van der Waals surface area contributed by atoms with Gasteiger partial charge in [0.15, 0.2) is 0 Å². The van der Waals surface area contributed by atoms with Gasteiger partial charge in [0.2, 0.25) is 11.8 Å². The molecule has 0 aliphatic heterocycles. The van der Waals surface area contributed by atoms with Crippen molar-refractivity contribution < 1.29 is 9.59 Å². The summed E-state index contributed by atoms with van der Waals surface area (Å²) in [6.45, 7) is 6.69.